The summed E-state index contributed by atoms with van der Waals surface area (Å²) in [6, 6.07) is 13.1. The van der Waals surface area contributed by atoms with Gasteiger partial charge in [0, 0.05) is 19.3 Å². The maximum absolute atomic E-state index is 9.86. The molecule has 2 heterocycles. The monoisotopic (exact) mass is 286 g/mol. The summed E-state index contributed by atoms with van der Waals surface area (Å²) >= 11 is 0. The SMILES string of the molecule is Oc1cccnc1OC(c1ccccc1)C1CNCCO1. The first-order valence-electron chi connectivity index (χ1n) is 7.02. The van der Waals surface area contributed by atoms with Crippen molar-refractivity contribution in [3.05, 3.63) is 54.2 Å². The summed E-state index contributed by atoms with van der Waals surface area (Å²) in [5.74, 6) is 0.253. The molecule has 3 rings (SSSR count). The van der Waals surface area contributed by atoms with Crippen LogP contribution in [-0.2, 0) is 4.74 Å². The van der Waals surface area contributed by atoms with Crippen LogP contribution in [0.4, 0.5) is 0 Å². The summed E-state index contributed by atoms with van der Waals surface area (Å²) in [4.78, 5) is 4.09. The van der Waals surface area contributed by atoms with E-state index < -0.39 is 0 Å². The van der Waals surface area contributed by atoms with E-state index >= 15 is 0 Å². The van der Waals surface area contributed by atoms with Crippen molar-refractivity contribution >= 4 is 0 Å². The molecule has 0 aliphatic carbocycles. The third-order valence-electron chi connectivity index (χ3n) is 3.41. The van der Waals surface area contributed by atoms with Crippen molar-refractivity contribution in [2.45, 2.75) is 12.2 Å². The van der Waals surface area contributed by atoms with Crippen LogP contribution in [0.3, 0.4) is 0 Å². The molecule has 1 fully saturated rings. The predicted molar refractivity (Wildman–Crippen MR) is 78.3 cm³/mol. The third-order valence-corrected chi connectivity index (χ3v) is 3.41. The highest BCUT2D eigenvalue weighted by Gasteiger charge is 2.28. The number of morpholine rings is 1. The first kappa shape index (κ1) is 13.9. The van der Waals surface area contributed by atoms with Gasteiger partial charge in [0.15, 0.2) is 11.9 Å². The van der Waals surface area contributed by atoms with Crippen LogP contribution in [0.2, 0.25) is 0 Å². The highest BCUT2D eigenvalue weighted by Crippen LogP contribution is 2.30. The van der Waals surface area contributed by atoms with E-state index in [1.807, 2.05) is 30.3 Å². The van der Waals surface area contributed by atoms with E-state index in [0.717, 1.165) is 12.1 Å². The summed E-state index contributed by atoms with van der Waals surface area (Å²) in [5.41, 5.74) is 0.997. The van der Waals surface area contributed by atoms with E-state index in [4.69, 9.17) is 9.47 Å². The van der Waals surface area contributed by atoms with Gasteiger partial charge in [0.05, 0.1) is 6.61 Å². The van der Waals surface area contributed by atoms with Crippen molar-refractivity contribution in [2.24, 2.45) is 0 Å². The summed E-state index contributed by atoms with van der Waals surface area (Å²) in [7, 11) is 0. The Kier molecular flexibility index (Phi) is 4.33. The fourth-order valence-corrected chi connectivity index (χ4v) is 2.37. The summed E-state index contributed by atoms with van der Waals surface area (Å²) in [6.07, 6.45) is 1.15. The molecule has 2 N–H and O–H groups in total. The molecule has 2 atom stereocenters. The average Bonchev–Trinajstić information content (AvgIpc) is 2.56. The number of rotatable bonds is 4. The molecule has 5 heteroatoms. The highest BCUT2D eigenvalue weighted by atomic mass is 16.6. The van der Waals surface area contributed by atoms with Crippen LogP contribution < -0.4 is 10.1 Å². The largest absolute Gasteiger partial charge is 0.503 e. The molecule has 1 aromatic carbocycles. The van der Waals surface area contributed by atoms with Crippen LogP contribution in [0, 0.1) is 0 Å². The number of hydrogen-bond acceptors (Lipinski definition) is 5. The molecule has 5 nitrogen and oxygen atoms in total. The molecule has 0 saturated carbocycles. The van der Waals surface area contributed by atoms with E-state index in [9.17, 15) is 5.11 Å². The van der Waals surface area contributed by atoms with Crippen molar-refractivity contribution in [3.63, 3.8) is 0 Å². The summed E-state index contributed by atoms with van der Waals surface area (Å²) in [5, 5.41) is 13.2. The maximum Gasteiger partial charge on any atom is 0.257 e. The van der Waals surface area contributed by atoms with Crippen LogP contribution in [-0.4, -0.2) is 35.9 Å². The molecule has 1 aliphatic rings. The Morgan fingerprint density at radius 1 is 1.24 bits per heavy atom. The summed E-state index contributed by atoms with van der Waals surface area (Å²) in [6.45, 7) is 2.19. The van der Waals surface area contributed by atoms with Crippen molar-refractivity contribution in [2.75, 3.05) is 19.7 Å². The fourth-order valence-electron chi connectivity index (χ4n) is 2.37. The minimum absolute atomic E-state index is 0.0298. The van der Waals surface area contributed by atoms with Crippen molar-refractivity contribution < 1.29 is 14.6 Å². The van der Waals surface area contributed by atoms with Gasteiger partial charge in [0.25, 0.3) is 5.88 Å². The molecule has 2 aromatic rings. The van der Waals surface area contributed by atoms with Crippen LogP contribution in [0.15, 0.2) is 48.7 Å². The van der Waals surface area contributed by atoms with Crippen molar-refractivity contribution in [1.29, 1.82) is 0 Å². The standard InChI is InChI=1S/C16H18N2O3/c19-13-7-4-8-18-16(13)21-15(12-5-2-1-3-6-12)14-11-17-9-10-20-14/h1-8,14-15,17,19H,9-11H2. The quantitative estimate of drug-likeness (QED) is 0.898. The van der Waals surface area contributed by atoms with Crippen LogP contribution in [0.1, 0.15) is 11.7 Å². The lowest BCUT2D eigenvalue weighted by Crippen LogP contribution is -2.43. The minimum atomic E-state index is -0.320. The van der Waals surface area contributed by atoms with Crippen LogP contribution in [0.5, 0.6) is 11.6 Å². The zero-order chi connectivity index (χ0) is 14.5. The van der Waals surface area contributed by atoms with Gasteiger partial charge in [-0.15, -0.1) is 0 Å². The molecule has 0 radical (unpaired) electrons. The number of nitrogens with one attached hydrogen (secondary N) is 1. The van der Waals surface area contributed by atoms with Gasteiger partial charge < -0.3 is 19.9 Å². The van der Waals surface area contributed by atoms with E-state index in [1.54, 1.807) is 18.3 Å². The van der Waals surface area contributed by atoms with E-state index in [-0.39, 0.29) is 23.8 Å². The molecule has 110 valence electrons. The maximum atomic E-state index is 9.86. The molecule has 1 aliphatic heterocycles. The van der Waals surface area contributed by atoms with Gasteiger partial charge in [-0.2, -0.15) is 0 Å². The molecular weight excluding hydrogens is 268 g/mol. The van der Waals surface area contributed by atoms with E-state index in [2.05, 4.69) is 10.3 Å². The van der Waals surface area contributed by atoms with Gasteiger partial charge in [0.1, 0.15) is 6.10 Å². The average molecular weight is 286 g/mol. The number of pyridine rings is 1. The van der Waals surface area contributed by atoms with E-state index in [0.29, 0.717) is 13.2 Å². The van der Waals surface area contributed by atoms with E-state index in [1.165, 1.54) is 0 Å². The fraction of sp³-hybridized carbons (Fsp3) is 0.312. The summed E-state index contributed by atoms with van der Waals surface area (Å²) < 4.78 is 11.8. The van der Waals surface area contributed by atoms with Gasteiger partial charge in [-0.25, -0.2) is 4.98 Å². The Labute approximate surface area is 123 Å². The van der Waals surface area contributed by atoms with Crippen LogP contribution >= 0.6 is 0 Å². The first-order valence-corrected chi connectivity index (χ1v) is 7.02. The Bertz CT molecular complexity index is 571. The first-order chi connectivity index (χ1) is 10.3. The van der Waals surface area contributed by atoms with Crippen molar-refractivity contribution in [3.8, 4) is 11.6 Å². The van der Waals surface area contributed by atoms with Gasteiger partial charge in [-0.05, 0) is 17.7 Å². The zero-order valence-electron chi connectivity index (χ0n) is 11.6. The molecule has 0 amide bonds. The molecule has 0 spiro atoms. The van der Waals surface area contributed by atoms with Gasteiger partial charge in [0.2, 0.25) is 0 Å². The molecule has 0 bridgehead atoms. The second-order valence-electron chi connectivity index (χ2n) is 4.89. The Balaban J connectivity index is 1.87. The van der Waals surface area contributed by atoms with Gasteiger partial charge >= 0.3 is 0 Å². The lowest BCUT2D eigenvalue weighted by molar-refractivity contribution is -0.0452. The second-order valence-corrected chi connectivity index (χ2v) is 4.89. The minimum Gasteiger partial charge on any atom is -0.503 e. The number of benzene rings is 1. The number of aromatic nitrogens is 1. The lowest BCUT2D eigenvalue weighted by atomic mass is 10.0. The molecule has 21 heavy (non-hydrogen) atoms. The van der Waals surface area contributed by atoms with Crippen molar-refractivity contribution in [1.82, 2.24) is 10.3 Å². The topological polar surface area (TPSA) is 63.6 Å². The number of hydrogen-bond donors (Lipinski definition) is 2. The number of ether oxygens (including phenoxy) is 2. The number of aromatic hydroxyl groups is 1. The lowest BCUT2D eigenvalue weighted by Gasteiger charge is -2.31. The predicted octanol–water partition coefficient (Wildman–Crippen LogP) is 1.90. The van der Waals surface area contributed by atoms with Gasteiger partial charge in [-0.3, -0.25) is 0 Å². The molecule has 1 saturated heterocycles. The normalized spacial score (nSPS) is 19.9. The molecule has 2 unspecified atom stereocenters. The zero-order valence-corrected chi connectivity index (χ0v) is 11.6. The Morgan fingerprint density at radius 2 is 2.10 bits per heavy atom. The van der Waals surface area contributed by atoms with Gasteiger partial charge in [-0.1, -0.05) is 30.3 Å². The Morgan fingerprint density at radius 3 is 2.81 bits per heavy atom. The number of nitrogens with zero attached hydrogens (tertiary/aromatic N) is 1. The smallest absolute Gasteiger partial charge is 0.257 e. The third kappa shape index (κ3) is 3.32. The Hall–Kier alpha value is -2.11. The highest BCUT2D eigenvalue weighted by molar-refractivity contribution is 5.32. The van der Waals surface area contributed by atoms with Crippen LogP contribution in [0.25, 0.3) is 0 Å². The molecular formula is C16H18N2O3. The second kappa shape index (κ2) is 6.56. The molecule has 1 aromatic heterocycles.